The molecule has 1 amide bonds. The maximum absolute atomic E-state index is 13.5. The highest BCUT2D eigenvalue weighted by Gasteiger charge is 2.24. The number of halogens is 1. The number of carbonyl (C=O) groups excluding carboxylic acids is 1. The molecular formula is C15H23FN2O2. The lowest BCUT2D eigenvalue weighted by Gasteiger charge is -2.30. The Balaban J connectivity index is 3.05. The van der Waals surface area contributed by atoms with Gasteiger partial charge in [0.25, 0.3) is 5.91 Å². The first-order valence-electron chi connectivity index (χ1n) is 6.90. The first-order valence-corrected chi connectivity index (χ1v) is 6.90. The summed E-state index contributed by atoms with van der Waals surface area (Å²) >= 11 is 0. The van der Waals surface area contributed by atoms with E-state index in [9.17, 15) is 9.18 Å². The number of benzene rings is 1. The Kier molecular flexibility index (Phi) is 6.45. The van der Waals surface area contributed by atoms with Gasteiger partial charge in [-0.1, -0.05) is 19.9 Å². The summed E-state index contributed by atoms with van der Waals surface area (Å²) in [5.41, 5.74) is 5.80. The second-order valence-electron chi connectivity index (χ2n) is 4.66. The number of hydrogen-bond donors (Lipinski definition) is 1. The van der Waals surface area contributed by atoms with E-state index in [2.05, 4.69) is 0 Å². The molecule has 0 aromatic heterocycles. The van der Waals surface area contributed by atoms with E-state index >= 15 is 0 Å². The van der Waals surface area contributed by atoms with Gasteiger partial charge in [-0.15, -0.1) is 0 Å². The van der Waals surface area contributed by atoms with Crippen LogP contribution in [0.5, 0.6) is 0 Å². The molecule has 4 nitrogen and oxygen atoms in total. The predicted molar refractivity (Wildman–Crippen MR) is 78.1 cm³/mol. The minimum absolute atomic E-state index is 0.0918. The van der Waals surface area contributed by atoms with E-state index in [0.717, 1.165) is 12.8 Å². The Morgan fingerprint density at radius 2 is 2.05 bits per heavy atom. The molecule has 0 bridgehead atoms. The molecule has 0 fully saturated rings. The Hall–Kier alpha value is -1.62. The number of anilines is 1. The van der Waals surface area contributed by atoms with Crippen molar-refractivity contribution in [1.82, 2.24) is 4.90 Å². The van der Waals surface area contributed by atoms with Crippen molar-refractivity contribution in [3.05, 3.63) is 29.6 Å². The highest BCUT2D eigenvalue weighted by atomic mass is 19.1. The number of nitrogens with zero attached hydrogens (tertiary/aromatic N) is 1. The maximum atomic E-state index is 13.5. The molecule has 1 aromatic carbocycles. The van der Waals surface area contributed by atoms with Gasteiger partial charge in [-0.2, -0.15) is 0 Å². The Morgan fingerprint density at radius 1 is 1.40 bits per heavy atom. The van der Waals surface area contributed by atoms with Crippen LogP contribution < -0.4 is 5.73 Å². The van der Waals surface area contributed by atoms with Gasteiger partial charge in [0, 0.05) is 19.7 Å². The van der Waals surface area contributed by atoms with Gasteiger partial charge >= 0.3 is 0 Å². The molecule has 0 radical (unpaired) electrons. The number of carbonyl (C=O) groups is 1. The fraction of sp³-hybridized carbons (Fsp3) is 0.533. The standard InChI is InChI=1S/C15H23FN2O2/c1-4-11(5-2)18(9-10-20-3)15(19)12-7-6-8-13(16)14(12)17/h6-8,11H,4-5,9-10,17H2,1-3H3. The second kappa shape index (κ2) is 7.85. The van der Waals surface area contributed by atoms with Gasteiger partial charge in [-0.05, 0) is 25.0 Å². The van der Waals surface area contributed by atoms with Crippen LogP contribution in [0.3, 0.4) is 0 Å². The van der Waals surface area contributed by atoms with Crippen molar-refractivity contribution in [3.63, 3.8) is 0 Å². The number of nitrogen functional groups attached to an aromatic ring is 1. The summed E-state index contributed by atoms with van der Waals surface area (Å²) in [6.45, 7) is 4.96. The molecule has 0 atom stereocenters. The minimum Gasteiger partial charge on any atom is -0.396 e. The number of amides is 1. The normalized spacial score (nSPS) is 10.8. The fourth-order valence-electron chi connectivity index (χ4n) is 2.25. The molecule has 0 saturated heterocycles. The third-order valence-corrected chi connectivity index (χ3v) is 3.46. The molecule has 1 rings (SSSR count). The third-order valence-electron chi connectivity index (χ3n) is 3.46. The lowest BCUT2D eigenvalue weighted by atomic mass is 10.1. The first kappa shape index (κ1) is 16.4. The predicted octanol–water partition coefficient (Wildman–Crippen LogP) is 2.69. The SMILES string of the molecule is CCC(CC)N(CCOC)C(=O)c1cccc(F)c1N. The van der Waals surface area contributed by atoms with Gasteiger partial charge in [0.1, 0.15) is 5.82 Å². The number of methoxy groups -OCH3 is 1. The largest absolute Gasteiger partial charge is 0.396 e. The van der Waals surface area contributed by atoms with E-state index in [1.54, 1.807) is 18.1 Å². The van der Waals surface area contributed by atoms with Gasteiger partial charge in [0.15, 0.2) is 0 Å². The van der Waals surface area contributed by atoms with Crippen molar-refractivity contribution >= 4 is 11.6 Å². The monoisotopic (exact) mass is 282 g/mol. The van der Waals surface area contributed by atoms with Gasteiger partial charge in [0.05, 0.1) is 17.9 Å². The van der Waals surface area contributed by atoms with Crippen LogP contribution in [0.2, 0.25) is 0 Å². The van der Waals surface area contributed by atoms with Crippen molar-refractivity contribution in [2.45, 2.75) is 32.7 Å². The summed E-state index contributed by atoms with van der Waals surface area (Å²) in [5, 5.41) is 0. The zero-order chi connectivity index (χ0) is 15.1. The maximum Gasteiger partial charge on any atom is 0.256 e. The molecule has 0 aliphatic rings. The van der Waals surface area contributed by atoms with Crippen molar-refractivity contribution < 1.29 is 13.9 Å². The molecule has 0 saturated carbocycles. The molecule has 112 valence electrons. The molecule has 2 N–H and O–H groups in total. The topological polar surface area (TPSA) is 55.6 Å². The number of para-hydroxylation sites is 1. The van der Waals surface area contributed by atoms with Gasteiger partial charge in [0.2, 0.25) is 0 Å². The molecule has 0 unspecified atom stereocenters. The lowest BCUT2D eigenvalue weighted by Crippen LogP contribution is -2.42. The highest BCUT2D eigenvalue weighted by molar-refractivity contribution is 5.99. The van der Waals surface area contributed by atoms with Crippen molar-refractivity contribution in [3.8, 4) is 0 Å². The third kappa shape index (κ3) is 3.70. The van der Waals surface area contributed by atoms with Crippen LogP contribution >= 0.6 is 0 Å². The van der Waals surface area contributed by atoms with Crippen LogP contribution in [0.15, 0.2) is 18.2 Å². The van der Waals surface area contributed by atoms with E-state index < -0.39 is 5.82 Å². The number of ether oxygens (including phenoxy) is 1. The van der Waals surface area contributed by atoms with Crippen LogP contribution in [0.1, 0.15) is 37.0 Å². The number of nitrogens with two attached hydrogens (primary N) is 1. The van der Waals surface area contributed by atoms with Gasteiger partial charge < -0.3 is 15.4 Å². The Labute approximate surface area is 119 Å². The molecule has 5 heteroatoms. The van der Waals surface area contributed by atoms with E-state index in [-0.39, 0.29) is 23.2 Å². The van der Waals surface area contributed by atoms with E-state index in [1.165, 1.54) is 12.1 Å². The molecule has 0 heterocycles. The quantitative estimate of drug-likeness (QED) is 0.782. The minimum atomic E-state index is -0.563. The van der Waals surface area contributed by atoms with Crippen molar-refractivity contribution in [2.24, 2.45) is 0 Å². The van der Waals surface area contributed by atoms with Gasteiger partial charge in [-0.25, -0.2) is 4.39 Å². The highest BCUT2D eigenvalue weighted by Crippen LogP contribution is 2.20. The van der Waals surface area contributed by atoms with Crippen LogP contribution in [0.4, 0.5) is 10.1 Å². The Bertz CT molecular complexity index is 447. The summed E-state index contributed by atoms with van der Waals surface area (Å²) < 4.78 is 18.6. The molecular weight excluding hydrogens is 259 g/mol. The summed E-state index contributed by atoms with van der Waals surface area (Å²) in [5.74, 6) is -0.806. The van der Waals surface area contributed by atoms with Crippen molar-refractivity contribution in [1.29, 1.82) is 0 Å². The summed E-state index contributed by atoms with van der Waals surface area (Å²) in [6.07, 6.45) is 1.67. The molecule has 0 aliphatic heterocycles. The summed E-state index contributed by atoms with van der Waals surface area (Å²) in [6, 6.07) is 4.41. The average Bonchev–Trinajstić information content (AvgIpc) is 2.45. The van der Waals surface area contributed by atoms with E-state index in [4.69, 9.17) is 10.5 Å². The number of hydrogen-bond acceptors (Lipinski definition) is 3. The molecule has 0 spiro atoms. The van der Waals surface area contributed by atoms with Crippen LogP contribution in [0.25, 0.3) is 0 Å². The zero-order valence-corrected chi connectivity index (χ0v) is 12.4. The molecule has 0 aliphatic carbocycles. The second-order valence-corrected chi connectivity index (χ2v) is 4.66. The molecule has 1 aromatic rings. The van der Waals surface area contributed by atoms with Crippen molar-refractivity contribution in [2.75, 3.05) is 26.0 Å². The first-order chi connectivity index (χ1) is 9.56. The van der Waals surface area contributed by atoms with E-state index in [0.29, 0.717) is 13.2 Å². The molecule has 20 heavy (non-hydrogen) atoms. The Morgan fingerprint density at radius 3 is 2.60 bits per heavy atom. The summed E-state index contributed by atoms with van der Waals surface area (Å²) in [4.78, 5) is 14.3. The fourth-order valence-corrected chi connectivity index (χ4v) is 2.25. The lowest BCUT2D eigenvalue weighted by molar-refractivity contribution is 0.0590. The smallest absolute Gasteiger partial charge is 0.256 e. The van der Waals surface area contributed by atoms with Crippen LogP contribution in [0, 0.1) is 5.82 Å². The van der Waals surface area contributed by atoms with Crippen LogP contribution in [-0.2, 0) is 4.74 Å². The van der Waals surface area contributed by atoms with E-state index in [1.807, 2.05) is 13.8 Å². The average molecular weight is 282 g/mol. The van der Waals surface area contributed by atoms with Gasteiger partial charge in [-0.3, -0.25) is 4.79 Å². The number of rotatable bonds is 7. The summed E-state index contributed by atoms with van der Waals surface area (Å²) in [7, 11) is 1.59. The zero-order valence-electron chi connectivity index (χ0n) is 12.4. The van der Waals surface area contributed by atoms with Crippen LogP contribution in [-0.4, -0.2) is 37.1 Å².